The Bertz CT molecular complexity index is 1750. The Hall–Kier alpha value is -4.27. The van der Waals surface area contributed by atoms with Crippen LogP contribution in [0.15, 0.2) is 59.4 Å². The van der Waals surface area contributed by atoms with Crippen LogP contribution in [-0.4, -0.2) is 82.9 Å². The summed E-state index contributed by atoms with van der Waals surface area (Å²) in [5, 5.41) is 20.5. The molecule has 3 N–H and O–H groups in total. The first-order chi connectivity index (χ1) is 21.4. The number of methoxy groups -OCH3 is 1. The molecule has 240 valence electrons. The second kappa shape index (κ2) is 14.2. The number of aliphatic hydroxyl groups excluding tert-OH is 1. The Labute approximate surface area is 259 Å². The fourth-order valence-corrected chi connectivity index (χ4v) is 6.49. The number of nitrogens with zero attached hydrogens (tertiary/aromatic N) is 2. The summed E-state index contributed by atoms with van der Waals surface area (Å²) in [4.78, 5) is 52.2. The Morgan fingerprint density at radius 1 is 1.07 bits per heavy atom. The number of thiophene rings is 1. The lowest BCUT2D eigenvalue weighted by Crippen LogP contribution is -2.45. The number of ketones is 1. The van der Waals surface area contributed by atoms with E-state index in [1.54, 1.807) is 31.2 Å². The number of hydrogen-bond donors (Lipinski definition) is 3. The number of benzene rings is 2. The van der Waals surface area contributed by atoms with Gasteiger partial charge >= 0.3 is 12.1 Å². The first kappa shape index (κ1) is 33.6. The quantitative estimate of drug-likeness (QED) is 0.238. The fraction of sp³-hybridized carbons (Fsp3) is 0.355. The maximum absolute atomic E-state index is 14.0. The molecule has 0 spiro atoms. The van der Waals surface area contributed by atoms with E-state index in [9.17, 15) is 32.7 Å². The number of para-hydroxylation sites is 1. The van der Waals surface area contributed by atoms with Gasteiger partial charge in [-0.3, -0.25) is 19.0 Å². The minimum atomic E-state index is -5.08. The maximum atomic E-state index is 14.0. The van der Waals surface area contributed by atoms with Crippen molar-refractivity contribution in [2.75, 3.05) is 33.4 Å². The molecule has 1 saturated heterocycles. The average molecular weight is 648 g/mol. The van der Waals surface area contributed by atoms with E-state index < -0.39 is 18.2 Å². The number of likely N-dealkylation sites (tertiary alicyclic amines) is 1. The molecule has 2 aromatic heterocycles. The van der Waals surface area contributed by atoms with Gasteiger partial charge in [-0.25, -0.2) is 4.79 Å². The summed E-state index contributed by atoms with van der Waals surface area (Å²) < 4.78 is 39.6. The number of aromatic nitrogens is 1. The Kier molecular flexibility index (Phi) is 10.6. The molecule has 4 aromatic rings. The van der Waals surface area contributed by atoms with Gasteiger partial charge in [0.05, 0.1) is 30.0 Å². The number of carbonyl (C=O) groups excluding carboxylic acids is 2. The van der Waals surface area contributed by atoms with Crippen LogP contribution < -0.4 is 15.6 Å². The van der Waals surface area contributed by atoms with Gasteiger partial charge < -0.3 is 25.2 Å². The van der Waals surface area contributed by atoms with Gasteiger partial charge in [-0.15, -0.1) is 11.3 Å². The zero-order valence-electron chi connectivity index (χ0n) is 24.5. The molecule has 5 rings (SSSR count). The molecule has 0 saturated carbocycles. The van der Waals surface area contributed by atoms with E-state index >= 15 is 0 Å². The molecule has 1 aliphatic rings. The zero-order chi connectivity index (χ0) is 32.9. The van der Waals surface area contributed by atoms with Gasteiger partial charge in [0.1, 0.15) is 10.3 Å². The van der Waals surface area contributed by atoms with Crippen molar-refractivity contribution in [3.63, 3.8) is 0 Å². The van der Waals surface area contributed by atoms with Crippen LogP contribution in [0.1, 0.15) is 45.8 Å². The highest BCUT2D eigenvalue weighted by molar-refractivity contribution is 7.22. The third-order valence-electron chi connectivity index (χ3n) is 7.52. The lowest BCUT2D eigenvalue weighted by atomic mass is 10.0. The van der Waals surface area contributed by atoms with Crippen LogP contribution >= 0.6 is 11.3 Å². The molecule has 1 amide bonds. The van der Waals surface area contributed by atoms with Crippen molar-refractivity contribution in [1.82, 2.24) is 14.8 Å². The van der Waals surface area contributed by atoms with Crippen molar-refractivity contribution in [3.05, 3.63) is 75.4 Å². The molecule has 14 heteroatoms. The summed E-state index contributed by atoms with van der Waals surface area (Å²) in [6.07, 6.45) is -3.51. The Morgan fingerprint density at radius 2 is 1.67 bits per heavy atom. The van der Waals surface area contributed by atoms with E-state index in [2.05, 4.69) is 10.2 Å². The normalized spacial score (nSPS) is 14.9. The number of nitrogens with one attached hydrogen (secondary N) is 1. The van der Waals surface area contributed by atoms with Crippen LogP contribution in [0.25, 0.3) is 21.0 Å². The van der Waals surface area contributed by atoms with Crippen LogP contribution in [0.4, 0.5) is 13.2 Å². The summed E-state index contributed by atoms with van der Waals surface area (Å²) in [6, 6.07) is 15.6. The molecular weight excluding hydrogens is 615 g/mol. The molecule has 1 atom stereocenters. The fourth-order valence-electron chi connectivity index (χ4n) is 5.29. The van der Waals surface area contributed by atoms with Gasteiger partial charge in [-0.05, 0) is 25.8 Å². The first-order valence-corrected chi connectivity index (χ1v) is 14.9. The highest BCUT2D eigenvalue weighted by atomic mass is 32.1. The van der Waals surface area contributed by atoms with E-state index in [-0.39, 0.29) is 35.6 Å². The average Bonchev–Trinajstić information content (AvgIpc) is 3.43. The minimum Gasteiger partial charge on any atom is -0.494 e. The number of Topliss-reactive ketones (excluding diaryl/α,β-unsaturated/α-hetero) is 1. The number of halogens is 3. The molecule has 45 heavy (non-hydrogen) atoms. The number of ether oxygens (including phenoxy) is 1. The van der Waals surface area contributed by atoms with Gasteiger partial charge in [0.2, 0.25) is 0 Å². The summed E-state index contributed by atoms with van der Waals surface area (Å²) in [7, 11) is 1.46. The van der Waals surface area contributed by atoms with E-state index in [0.29, 0.717) is 32.6 Å². The van der Waals surface area contributed by atoms with Gasteiger partial charge in [-0.2, -0.15) is 13.2 Å². The van der Waals surface area contributed by atoms with Crippen molar-refractivity contribution in [1.29, 1.82) is 0 Å². The monoisotopic (exact) mass is 647 g/mol. The zero-order valence-corrected chi connectivity index (χ0v) is 25.3. The highest BCUT2D eigenvalue weighted by Crippen LogP contribution is 2.40. The van der Waals surface area contributed by atoms with E-state index in [1.165, 1.54) is 23.0 Å². The predicted octanol–water partition coefficient (Wildman–Crippen LogP) is 4.49. The van der Waals surface area contributed by atoms with Gasteiger partial charge in [0.25, 0.3) is 11.5 Å². The number of β-amino-alcohol motifs (C(OH)–C–C–N with tert-alkyl or cyclic N) is 1. The summed E-state index contributed by atoms with van der Waals surface area (Å²) in [5.74, 6) is -2.96. The first-order valence-electron chi connectivity index (χ1n) is 14.1. The summed E-state index contributed by atoms with van der Waals surface area (Å²) >= 11 is 1.24. The van der Waals surface area contributed by atoms with Crippen molar-refractivity contribution in [3.8, 4) is 5.75 Å². The summed E-state index contributed by atoms with van der Waals surface area (Å²) in [6.45, 7) is 4.09. The van der Waals surface area contributed by atoms with Crippen LogP contribution in [-0.2, 0) is 4.79 Å². The second-order valence-electron chi connectivity index (χ2n) is 10.4. The predicted molar refractivity (Wildman–Crippen MR) is 163 cm³/mol. The highest BCUT2D eigenvalue weighted by Gasteiger charge is 2.38. The van der Waals surface area contributed by atoms with Crippen molar-refractivity contribution in [2.24, 2.45) is 0 Å². The number of carboxylic acid groups (broad SMARTS) is 1. The third kappa shape index (κ3) is 7.35. The Balaban J connectivity index is 0.000000591. The third-order valence-corrected chi connectivity index (χ3v) is 8.73. The number of piperidine rings is 1. The smallest absolute Gasteiger partial charge is 0.490 e. The lowest BCUT2D eigenvalue weighted by Gasteiger charge is -2.31. The van der Waals surface area contributed by atoms with Crippen LogP contribution in [0.3, 0.4) is 0 Å². The molecule has 0 radical (unpaired) electrons. The number of pyridine rings is 1. The molecule has 10 nitrogen and oxygen atoms in total. The number of aliphatic hydroxyl groups is 1. The van der Waals surface area contributed by atoms with E-state index in [1.807, 2.05) is 30.3 Å². The van der Waals surface area contributed by atoms with Crippen molar-refractivity contribution >= 4 is 50.0 Å². The standard InChI is InChI=1S/C29H31N3O5S.C2HF3O2/c1-18(24(34)19-8-4-3-5-9-19)32-22-11-7-6-10-21(22)26-23(29(32)36)25(37-2)27(38-26)28(35)30-20-12-14-31(15-13-20)16-17-33;3-2(4,5)1(6)7/h3-11,18,20,33H,12-17H2,1-2H3,(H,30,35);(H,6,7). The van der Waals surface area contributed by atoms with Crippen molar-refractivity contribution < 1.29 is 42.5 Å². The topological polar surface area (TPSA) is 138 Å². The van der Waals surface area contributed by atoms with Gasteiger partial charge in [-0.1, -0.05) is 48.5 Å². The van der Waals surface area contributed by atoms with Gasteiger partial charge in [0.15, 0.2) is 11.5 Å². The molecule has 1 aliphatic heterocycles. The van der Waals surface area contributed by atoms with E-state index in [4.69, 9.17) is 14.6 Å². The molecule has 1 unspecified atom stereocenters. The number of hydrogen-bond acceptors (Lipinski definition) is 8. The molecule has 3 heterocycles. The van der Waals surface area contributed by atoms with Crippen LogP contribution in [0.2, 0.25) is 0 Å². The van der Waals surface area contributed by atoms with Crippen molar-refractivity contribution in [2.45, 2.75) is 38.0 Å². The molecular formula is C31H32F3N3O7S. The summed E-state index contributed by atoms with van der Waals surface area (Å²) in [5.41, 5.74) is 0.798. The van der Waals surface area contributed by atoms with E-state index in [0.717, 1.165) is 31.3 Å². The molecule has 0 aliphatic carbocycles. The van der Waals surface area contributed by atoms with Crippen LogP contribution in [0.5, 0.6) is 5.75 Å². The number of carboxylic acids is 1. The number of rotatable bonds is 8. The number of carbonyl (C=O) groups is 3. The molecule has 1 fully saturated rings. The Morgan fingerprint density at radius 3 is 2.24 bits per heavy atom. The lowest BCUT2D eigenvalue weighted by molar-refractivity contribution is -0.192. The maximum Gasteiger partial charge on any atom is 0.490 e. The second-order valence-corrected chi connectivity index (χ2v) is 11.4. The van der Waals surface area contributed by atoms with Gasteiger partial charge in [0, 0.05) is 36.6 Å². The number of fused-ring (bicyclic) bond motifs is 3. The SMILES string of the molecule is COc1c(C(=O)NC2CCN(CCO)CC2)sc2c1c(=O)n(C(C)C(=O)c1ccccc1)c1ccccc21.O=C(O)C(F)(F)F. The van der Waals surface area contributed by atoms with Crippen LogP contribution in [0, 0.1) is 0 Å². The number of alkyl halides is 3. The largest absolute Gasteiger partial charge is 0.494 e. The number of amides is 1. The molecule has 0 bridgehead atoms. The molecule has 2 aromatic carbocycles. The number of aliphatic carboxylic acids is 1. The minimum absolute atomic E-state index is 0.00396.